The first-order chi connectivity index (χ1) is 6.28. The van der Waals surface area contributed by atoms with E-state index in [0.717, 1.165) is 28.6 Å². The summed E-state index contributed by atoms with van der Waals surface area (Å²) in [6.45, 7) is 0. The van der Waals surface area contributed by atoms with Gasteiger partial charge in [0.2, 0.25) is 0 Å². The summed E-state index contributed by atoms with van der Waals surface area (Å²) in [5.74, 6) is 5.60. The third-order valence-electron chi connectivity index (χ3n) is 7.87. The molecule has 2 spiro atoms. The van der Waals surface area contributed by atoms with Gasteiger partial charge in [-0.3, -0.25) is 0 Å². The third-order valence-corrected chi connectivity index (χ3v) is 7.87. The van der Waals surface area contributed by atoms with Crippen molar-refractivity contribution in [2.45, 2.75) is 31.0 Å². The molecule has 0 amide bonds. The molecule has 0 aliphatic heterocycles. The summed E-state index contributed by atoms with van der Waals surface area (Å²) < 4.78 is 0. The van der Waals surface area contributed by atoms with Gasteiger partial charge in [0, 0.05) is 0 Å². The number of rotatable bonds is 0. The second kappa shape index (κ2) is 1.08. The van der Waals surface area contributed by atoms with Crippen LogP contribution in [-0.2, 0) is 0 Å². The van der Waals surface area contributed by atoms with Crippen LogP contribution >= 0.6 is 0 Å². The van der Waals surface area contributed by atoms with E-state index in [0.29, 0.717) is 5.31 Å². The van der Waals surface area contributed by atoms with E-state index in [1.54, 1.807) is 12.8 Å². The Morgan fingerprint density at radius 3 is 2.54 bits per heavy atom. The molecule has 0 aromatic heterocycles. The quantitative estimate of drug-likeness (QED) is 0.485. The molecule has 0 bridgehead atoms. The van der Waals surface area contributed by atoms with Crippen LogP contribution in [0.2, 0.25) is 5.31 Å². The molecule has 13 heavy (non-hydrogen) atoms. The van der Waals surface area contributed by atoms with Crippen molar-refractivity contribution in [2.24, 2.45) is 40.4 Å². The highest BCUT2D eigenvalue weighted by atomic mass is 15.1. The lowest BCUT2D eigenvalue weighted by Gasteiger charge is -3.09. The number of hydrogen-bond acceptors (Lipinski definition) is 0. The van der Waals surface area contributed by atoms with Crippen molar-refractivity contribution in [2.75, 3.05) is 0 Å². The smallest absolute Gasteiger partial charge is 0.0558 e. The van der Waals surface area contributed by atoms with Gasteiger partial charge >= 0.3 is 0 Å². The Hall–Kier alpha value is 0.0649. The van der Waals surface area contributed by atoms with E-state index in [1.165, 1.54) is 24.7 Å². The molecule has 6 fully saturated rings. The Morgan fingerprint density at radius 1 is 1.00 bits per heavy atom. The lowest BCUT2D eigenvalue weighted by Crippen LogP contribution is -3.03. The van der Waals surface area contributed by atoms with Crippen molar-refractivity contribution in [3.63, 3.8) is 0 Å². The maximum Gasteiger partial charge on any atom is 0.0758 e. The van der Waals surface area contributed by atoms with Crippen LogP contribution in [0, 0.1) is 40.4 Å². The Labute approximate surface area is 79.9 Å². The van der Waals surface area contributed by atoms with Crippen LogP contribution in [0.5, 0.6) is 0 Å². The molecule has 0 aromatic rings. The molecular weight excluding hydrogens is 155 g/mol. The van der Waals surface area contributed by atoms with Crippen LogP contribution in [0.3, 0.4) is 0 Å². The molecule has 0 aromatic carbocycles. The Kier molecular flexibility index (Phi) is 0.482. The van der Waals surface area contributed by atoms with Crippen molar-refractivity contribution in [1.82, 2.24) is 0 Å². The molecule has 0 nitrogen and oxygen atoms in total. The predicted molar refractivity (Wildman–Crippen MR) is 49.2 cm³/mol. The largest absolute Gasteiger partial charge is 0.0758 e. The SMILES string of the molecule is [B]C12CC3CC4C5CC6CC1C65C342. The van der Waals surface area contributed by atoms with Crippen molar-refractivity contribution in [1.29, 1.82) is 0 Å². The zero-order chi connectivity index (χ0) is 8.22. The fourth-order valence-corrected chi connectivity index (χ4v) is 8.11. The van der Waals surface area contributed by atoms with E-state index in [2.05, 4.69) is 0 Å². The van der Waals surface area contributed by atoms with Gasteiger partial charge < -0.3 is 0 Å². The van der Waals surface area contributed by atoms with E-state index >= 15 is 0 Å². The molecule has 0 heterocycles. The maximum absolute atomic E-state index is 6.61. The topological polar surface area (TPSA) is 0 Å². The van der Waals surface area contributed by atoms with Crippen LogP contribution < -0.4 is 0 Å². The standard InChI is InChI=1S/C12H13B/c13-10-4-6-2-8-7-1-5-3-9(10)11(5,7)12(6,8)10/h5-9H,1-4H2. The second-order valence-corrected chi connectivity index (χ2v) is 6.91. The number of fused-ring (bicyclic) bond motifs is 2. The molecule has 8 atom stereocenters. The lowest BCUT2D eigenvalue weighted by molar-refractivity contribution is -0.579. The molecule has 6 rings (SSSR count). The van der Waals surface area contributed by atoms with Gasteiger partial charge in [-0.2, -0.15) is 0 Å². The van der Waals surface area contributed by atoms with Gasteiger partial charge in [-0.05, 0) is 59.7 Å². The summed E-state index contributed by atoms with van der Waals surface area (Å²) in [7, 11) is 6.61. The molecular formula is C12H13B. The van der Waals surface area contributed by atoms with Gasteiger partial charge in [-0.1, -0.05) is 11.7 Å². The van der Waals surface area contributed by atoms with Crippen molar-refractivity contribution >= 4 is 7.85 Å². The van der Waals surface area contributed by atoms with E-state index in [1.807, 2.05) is 0 Å². The second-order valence-electron chi connectivity index (χ2n) is 6.91. The van der Waals surface area contributed by atoms with E-state index in [4.69, 9.17) is 7.85 Å². The molecule has 6 aliphatic carbocycles. The highest BCUT2D eigenvalue weighted by Crippen LogP contribution is 3.11. The van der Waals surface area contributed by atoms with Crippen LogP contribution in [0.25, 0.3) is 0 Å². The Balaban J connectivity index is 1.69. The fraction of sp³-hybridized carbons (Fsp3) is 1.00. The summed E-state index contributed by atoms with van der Waals surface area (Å²) in [4.78, 5) is 0. The molecule has 0 N–H and O–H groups in total. The number of hydrogen-bond donors (Lipinski definition) is 0. The molecule has 64 valence electrons. The normalized spacial score (nSPS) is 93.4. The Bertz CT molecular complexity index is 391. The zero-order valence-electron chi connectivity index (χ0n) is 7.79. The summed E-state index contributed by atoms with van der Waals surface area (Å²) in [5.41, 5.74) is 1.70. The summed E-state index contributed by atoms with van der Waals surface area (Å²) in [5, 5.41) is 0.397. The van der Waals surface area contributed by atoms with Crippen LogP contribution in [0.1, 0.15) is 25.7 Å². The average molecular weight is 168 g/mol. The monoisotopic (exact) mass is 168 g/mol. The van der Waals surface area contributed by atoms with E-state index in [9.17, 15) is 0 Å². The first-order valence-electron chi connectivity index (χ1n) is 6.07. The first kappa shape index (κ1) is 5.83. The third kappa shape index (κ3) is 0.217. The minimum absolute atomic E-state index is 0.397. The molecule has 8 unspecified atom stereocenters. The molecule has 6 aliphatic rings. The van der Waals surface area contributed by atoms with Crippen molar-refractivity contribution in [3.05, 3.63) is 0 Å². The van der Waals surface area contributed by atoms with Crippen molar-refractivity contribution < 1.29 is 0 Å². The molecule has 1 heteroatoms. The maximum atomic E-state index is 6.61. The minimum atomic E-state index is 0.397. The first-order valence-corrected chi connectivity index (χ1v) is 6.07. The zero-order valence-corrected chi connectivity index (χ0v) is 7.79. The van der Waals surface area contributed by atoms with Crippen LogP contribution in [0.15, 0.2) is 0 Å². The highest BCUT2D eigenvalue weighted by Gasteiger charge is 3.04. The molecule has 0 saturated heterocycles. The summed E-state index contributed by atoms with van der Waals surface area (Å²) in [6, 6.07) is 0. The average Bonchev–Trinajstić information content (AvgIpc) is 2.05. The van der Waals surface area contributed by atoms with Gasteiger partial charge in [0.25, 0.3) is 0 Å². The van der Waals surface area contributed by atoms with Crippen LogP contribution in [-0.4, -0.2) is 7.85 Å². The molecule has 6 saturated carbocycles. The van der Waals surface area contributed by atoms with Gasteiger partial charge in [-0.15, -0.1) is 0 Å². The summed E-state index contributed by atoms with van der Waals surface area (Å²) in [6.07, 6.45) is 6.11. The Morgan fingerprint density at radius 2 is 1.85 bits per heavy atom. The van der Waals surface area contributed by atoms with Gasteiger partial charge in [-0.25, -0.2) is 0 Å². The van der Waals surface area contributed by atoms with E-state index in [-0.39, 0.29) is 0 Å². The summed E-state index contributed by atoms with van der Waals surface area (Å²) >= 11 is 0. The molecule has 2 radical (unpaired) electrons. The van der Waals surface area contributed by atoms with Gasteiger partial charge in [0.1, 0.15) is 0 Å². The minimum Gasteiger partial charge on any atom is -0.0558 e. The van der Waals surface area contributed by atoms with Crippen molar-refractivity contribution in [3.8, 4) is 0 Å². The van der Waals surface area contributed by atoms with Gasteiger partial charge in [0.15, 0.2) is 0 Å². The van der Waals surface area contributed by atoms with Crippen LogP contribution in [0.4, 0.5) is 0 Å². The fourth-order valence-electron chi connectivity index (χ4n) is 8.11. The highest BCUT2D eigenvalue weighted by molar-refractivity contribution is 6.19. The lowest BCUT2D eigenvalue weighted by atomic mass is 8.92. The van der Waals surface area contributed by atoms with Gasteiger partial charge in [0.05, 0.1) is 7.85 Å². The predicted octanol–water partition coefficient (Wildman–Crippen LogP) is 2.01. The van der Waals surface area contributed by atoms with E-state index < -0.39 is 0 Å².